The molecule has 0 spiro atoms. The Morgan fingerprint density at radius 2 is 2.22 bits per heavy atom. The maximum Gasteiger partial charge on any atom is 0.313 e. The second-order valence-corrected chi connectivity index (χ2v) is 3.62. The third kappa shape index (κ3) is 2.53. The van der Waals surface area contributed by atoms with Gasteiger partial charge in [-0.15, -0.1) is 0 Å². The van der Waals surface area contributed by atoms with Crippen molar-refractivity contribution in [2.45, 2.75) is 6.42 Å². The van der Waals surface area contributed by atoms with Gasteiger partial charge in [-0.1, -0.05) is 0 Å². The maximum absolute atomic E-state index is 13.5. The van der Waals surface area contributed by atoms with Crippen molar-refractivity contribution in [3.8, 4) is 11.3 Å². The number of H-pyrrole nitrogens is 1. The summed E-state index contributed by atoms with van der Waals surface area (Å²) in [6.45, 7) is 0. The van der Waals surface area contributed by atoms with Gasteiger partial charge in [0.15, 0.2) is 0 Å². The molecule has 1 aromatic heterocycles. The average molecular weight is 252 g/mol. The summed E-state index contributed by atoms with van der Waals surface area (Å²) in [7, 11) is 1.27. The van der Waals surface area contributed by atoms with Crippen LogP contribution in [0.5, 0.6) is 0 Å². The number of aromatic nitrogens is 2. The molecule has 18 heavy (non-hydrogen) atoms. The van der Waals surface area contributed by atoms with E-state index >= 15 is 0 Å². The van der Waals surface area contributed by atoms with E-state index in [-0.39, 0.29) is 12.0 Å². The molecule has 0 saturated heterocycles. The van der Waals surface area contributed by atoms with Crippen molar-refractivity contribution in [1.29, 1.82) is 0 Å². The molecule has 0 saturated carbocycles. The Morgan fingerprint density at radius 1 is 1.44 bits per heavy atom. The highest BCUT2D eigenvalue weighted by molar-refractivity contribution is 5.71. The van der Waals surface area contributed by atoms with E-state index in [0.717, 1.165) is 12.1 Å². The second kappa shape index (κ2) is 4.95. The standard InChI is InChI=1S/C12H10F2N2O2/c1-18-12(17)5-11-15-6-10(16-11)8-3-2-7(13)4-9(8)14/h2-4,6H,5H2,1H3,(H,15,16). The first-order chi connectivity index (χ1) is 8.60. The number of carbonyl (C=O) groups is 1. The number of nitrogens with one attached hydrogen (secondary N) is 1. The number of esters is 1. The first-order valence-electron chi connectivity index (χ1n) is 5.16. The monoisotopic (exact) mass is 252 g/mol. The Kier molecular flexibility index (Phi) is 3.36. The lowest BCUT2D eigenvalue weighted by atomic mass is 10.1. The smallest absolute Gasteiger partial charge is 0.313 e. The minimum absolute atomic E-state index is 0.0285. The van der Waals surface area contributed by atoms with Crippen LogP contribution in [0.25, 0.3) is 11.3 Å². The SMILES string of the molecule is COC(=O)Cc1ncc(-c2ccc(F)cc2F)[nH]1. The summed E-state index contributed by atoms with van der Waals surface area (Å²) in [5, 5.41) is 0. The number of halogens is 2. The number of nitrogens with zero attached hydrogens (tertiary/aromatic N) is 1. The lowest BCUT2D eigenvalue weighted by molar-refractivity contribution is -0.139. The molecule has 2 aromatic rings. The molecule has 0 fully saturated rings. The Bertz CT molecular complexity index is 581. The molecule has 0 unspecified atom stereocenters. The molecule has 0 atom stereocenters. The van der Waals surface area contributed by atoms with E-state index in [1.165, 1.54) is 19.4 Å². The number of methoxy groups -OCH3 is 1. The van der Waals surface area contributed by atoms with Crippen molar-refractivity contribution in [2.75, 3.05) is 7.11 Å². The molecular formula is C12H10F2N2O2. The van der Waals surface area contributed by atoms with E-state index in [9.17, 15) is 13.6 Å². The van der Waals surface area contributed by atoms with Crippen molar-refractivity contribution in [1.82, 2.24) is 9.97 Å². The lowest BCUT2D eigenvalue weighted by Gasteiger charge is -2.00. The van der Waals surface area contributed by atoms with Gasteiger partial charge in [0, 0.05) is 11.6 Å². The number of rotatable bonds is 3. The highest BCUT2D eigenvalue weighted by atomic mass is 19.1. The maximum atomic E-state index is 13.5. The summed E-state index contributed by atoms with van der Waals surface area (Å²) in [6, 6.07) is 3.25. The zero-order valence-electron chi connectivity index (χ0n) is 9.54. The summed E-state index contributed by atoms with van der Waals surface area (Å²) in [4.78, 5) is 17.7. The van der Waals surface area contributed by atoms with Gasteiger partial charge in [0.1, 0.15) is 23.9 Å². The number of carbonyl (C=O) groups excluding carboxylic acids is 1. The molecule has 6 heteroatoms. The van der Waals surface area contributed by atoms with Gasteiger partial charge in [0.25, 0.3) is 0 Å². The van der Waals surface area contributed by atoms with Gasteiger partial charge in [-0.2, -0.15) is 0 Å². The highest BCUT2D eigenvalue weighted by Crippen LogP contribution is 2.21. The van der Waals surface area contributed by atoms with Gasteiger partial charge < -0.3 is 9.72 Å². The Morgan fingerprint density at radius 3 is 2.89 bits per heavy atom. The van der Waals surface area contributed by atoms with Gasteiger partial charge in [-0.05, 0) is 12.1 Å². The quantitative estimate of drug-likeness (QED) is 0.851. The lowest BCUT2D eigenvalue weighted by Crippen LogP contribution is -2.05. The van der Waals surface area contributed by atoms with Crippen molar-refractivity contribution in [2.24, 2.45) is 0 Å². The molecule has 4 nitrogen and oxygen atoms in total. The van der Waals surface area contributed by atoms with Crippen molar-refractivity contribution < 1.29 is 18.3 Å². The predicted octanol–water partition coefficient (Wildman–Crippen LogP) is 2.07. The number of hydrogen-bond acceptors (Lipinski definition) is 3. The molecule has 0 aliphatic heterocycles. The Balaban J connectivity index is 2.26. The molecule has 0 bridgehead atoms. The van der Waals surface area contributed by atoms with Crippen LogP contribution in [0.1, 0.15) is 5.82 Å². The van der Waals surface area contributed by atoms with Crippen molar-refractivity contribution >= 4 is 5.97 Å². The van der Waals surface area contributed by atoms with E-state index < -0.39 is 17.6 Å². The van der Waals surface area contributed by atoms with E-state index in [2.05, 4.69) is 14.7 Å². The van der Waals surface area contributed by atoms with Crippen LogP contribution >= 0.6 is 0 Å². The van der Waals surface area contributed by atoms with Crippen LogP contribution in [-0.4, -0.2) is 23.0 Å². The third-order valence-corrected chi connectivity index (χ3v) is 2.39. The Hall–Kier alpha value is -2.24. The van der Waals surface area contributed by atoms with Crippen LogP contribution in [0.15, 0.2) is 24.4 Å². The fraction of sp³-hybridized carbons (Fsp3) is 0.167. The van der Waals surface area contributed by atoms with Crippen LogP contribution in [0.3, 0.4) is 0 Å². The van der Waals surface area contributed by atoms with Crippen LogP contribution in [0.4, 0.5) is 8.78 Å². The summed E-state index contributed by atoms with van der Waals surface area (Å²) < 4.78 is 30.7. The first kappa shape index (κ1) is 12.2. The highest BCUT2D eigenvalue weighted by Gasteiger charge is 2.11. The minimum atomic E-state index is -0.691. The number of hydrogen-bond donors (Lipinski definition) is 1. The number of ether oxygens (including phenoxy) is 1. The molecule has 1 heterocycles. The summed E-state index contributed by atoms with van der Waals surface area (Å²) >= 11 is 0. The number of aromatic amines is 1. The van der Waals surface area contributed by atoms with Gasteiger partial charge in [-0.3, -0.25) is 4.79 Å². The largest absolute Gasteiger partial charge is 0.469 e. The van der Waals surface area contributed by atoms with Gasteiger partial charge in [0.2, 0.25) is 0 Å². The normalized spacial score (nSPS) is 10.4. The fourth-order valence-corrected chi connectivity index (χ4v) is 1.51. The van der Waals surface area contributed by atoms with Crippen LogP contribution in [-0.2, 0) is 16.0 Å². The predicted molar refractivity (Wildman–Crippen MR) is 59.7 cm³/mol. The van der Waals surface area contributed by atoms with Crippen LogP contribution in [0.2, 0.25) is 0 Å². The van der Waals surface area contributed by atoms with Crippen molar-refractivity contribution in [3.63, 3.8) is 0 Å². The first-order valence-corrected chi connectivity index (χ1v) is 5.16. The number of benzene rings is 1. The summed E-state index contributed by atoms with van der Waals surface area (Å²) in [6.07, 6.45) is 1.36. The molecule has 0 aliphatic carbocycles. The summed E-state index contributed by atoms with van der Waals surface area (Å²) in [5.74, 6) is -1.43. The zero-order valence-corrected chi connectivity index (χ0v) is 9.54. The summed E-state index contributed by atoms with van der Waals surface area (Å²) in [5.41, 5.74) is 0.575. The number of imidazole rings is 1. The fourth-order valence-electron chi connectivity index (χ4n) is 1.51. The topological polar surface area (TPSA) is 55.0 Å². The van der Waals surface area contributed by atoms with E-state index in [1.807, 2.05) is 0 Å². The van der Waals surface area contributed by atoms with Gasteiger partial charge in [0.05, 0.1) is 19.0 Å². The van der Waals surface area contributed by atoms with E-state index in [4.69, 9.17) is 0 Å². The molecule has 0 aliphatic rings. The van der Waals surface area contributed by atoms with Gasteiger partial charge in [-0.25, -0.2) is 13.8 Å². The molecule has 94 valence electrons. The van der Waals surface area contributed by atoms with Crippen LogP contribution < -0.4 is 0 Å². The zero-order chi connectivity index (χ0) is 13.1. The second-order valence-electron chi connectivity index (χ2n) is 3.62. The minimum Gasteiger partial charge on any atom is -0.469 e. The average Bonchev–Trinajstić information content (AvgIpc) is 2.77. The molecule has 0 amide bonds. The molecule has 0 radical (unpaired) electrons. The molecular weight excluding hydrogens is 242 g/mol. The van der Waals surface area contributed by atoms with E-state index in [1.54, 1.807) is 0 Å². The molecule has 1 aromatic carbocycles. The van der Waals surface area contributed by atoms with Crippen LogP contribution in [0, 0.1) is 11.6 Å². The molecule has 2 rings (SSSR count). The third-order valence-electron chi connectivity index (χ3n) is 2.39. The van der Waals surface area contributed by atoms with Gasteiger partial charge >= 0.3 is 5.97 Å². The van der Waals surface area contributed by atoms with Crippen molar-refractivity contribution in [3.05, 3.63) is 41.9 Å². The van der Waals surface area contributed by atoms with E-state index in [0.29, 0.717) is 11.5 Å². The molecule has 1 N–H and O–H groups in total. The Labute approximate surface area is 102 Å².